The van der Waals surface area contributed by atoms with Crippen LogP contribution in [0.15, 0.2) is 41.7 Å². The highest BCUT2D eigenvalue weighted by Crippen LogP contribution is 2.34. The lowest BCUT2D eigenvalue weighted by molar-refractivity contribution is 0.0308. The smallest absolute Gasteiger partial charge is 0.151 e. The average molecular weight is 392 g/mol. The molecule has 3 heterocycles. The number of anilines is 1. The summed E-state index contributed by atoms with van der Waals surface area (Å²) in [6.07, 6.45) is 1.29. The molecule has 9 heteroatoms. The normalized spacial score (nSPS) is 25.8. The van der Waals surface area contributed by atoms with Crippen LogP contribution in [-0.2, 0) is 0 Å². The summed E-state index contributed by atoms with van der Waals surface area (Å²) in [5.74, 6) is 0.941. The van der Waals surface area contributed by atoms with E-state index in [0.29, 0.717) is 27.6 Å². The summed E-state index contributed by atoms with van der Waals surface area (Å²) in [6, 6.07) is 6.82. The van der Waals surface area contributed by atoms with E-state index in [2.05, 4.69) is 20.3 Å². The first-order chi connectivity index (χ1) is 12.5. The first kappa shape index (κ1) is 17.6. The zero-order valence-corrected chi connectivity index (χ0v) is 15.2. The minimum Gasteiger partial charge on any atom is -0.389 e. The lowest BCUT2D eigenvalue weighted by Crippen LogP contribution is -2.35. The van der Waals surface area contributed by atoms with E-state index < -0.39 is 18.2 Å². The third-order valence-corrected chi connectivity index (χ3v) is 5.93. The van der Waals surface area contributed by atoms with Gasteiger partial charge in [0.1, 0.15) is 17.9 Å². The number of aliphatic hydroxyl groups is 2. The van der Waals surface area contributed by atoms with Gasteiger partial charge in [-0.2, -0.15) is 0 Å². The van der Waals surface area contributed by atoms with Crippen LogP contribution in [0.2, 0.25) is 5.02 Å². The molecule has 4 rings (SSSR count). The van der Waals surface area contributed by atoms with Crippen LogP contribution in [0.1, 0.15) is 11.6 Å². The van der Waals surface area contributed by atoms with E-state index in [1.54, 1.807) is 18.0 Å². The summed E-state index contributed by atoms with van der Waals surface area (Å²) in [5, 5.41) is 25.0. The van der Waals surface area contributed by atoms with Gasteiger partial charge >= 0.3 is 0 Å². The summed E-state index contributed by atoms with van der Waals surface area (Å²) in [6.45, 7) is 0. The molecule has 3 aromatic rings. The Morgan fingerprint density at radius 1 is 1.23 bits per heavy atom. The molecule has 0 spiro atoms. The van der Waals surface area contributed by atoms with Crippen LogP contribution in [0.25, 0.3) is 11.0 Å². The number of nitrogen functional groups attached to an aromatic ring is 1. The molecule has 1 aromatic carbocycles. The van der Waals surface area contributed by atoms with Gasteiger partial charge in [-0.05, 0) is 18.2 Å². The molecule has 0 bridgehead atoms. The van der Waals surface area contributed by atoms with Crippen LogP contribution < -0.4 is 11.1 Å². The summed E-state index contributed by atoms with van der Waals surface area (Å²) in [7, 11) is 0. The summed E-state index contributed by atoms with van der Waals surface area (Å²) >= 11 is 7.58. The number of nitrogens with two attached hydrogens (primary N) is 1. The van der Waals surface area contributed by atoms with Gasteiger partial charge in [-0.15, -0.1) is 11.8 Å². The van der Waals surface area contributed by atoms with Gasteiger partial charge in [-0.25, -0.2) is 9.97 Å². The number of nitrogens with one attached hydrogen (secondary N) is 2. The lowest BCUT2D eigenvalue weighted by Gasteiger charge is -2.15. The number of hydrogen-bond donors (Lipinski definition) is 5. The molecule has 1 saturated heterocycles. The van der Waals surface area contributed by atoms with Crippen LogP contribution in [0.4, 0.5) is 5.82 Å². The van der Waals surface area contributed by atoms with E-state index in [9.17, 15) is 10.2 Å². The van der Waals surface area contributed by atoms with Crippen LogP contribution in [-0.4, -0.2) is 49.2 Å². The van der Waals surface area contributed by atoms with Crippen molar-refractivity contribution in [3.05, 3.63) is 47.4 Å². The number of halogens is 1. The van der Waals surface area contributed by atoms with Crippen molar-refractivity contribution >= 4 is 40.2 Å². The first-order valence-corrected chi connectivity index (χ1v) is 9.49. The van der Waals surface area contributed by atoms with Gasteiger partial charge in [-0.3, -0.25) is 0 Å². The molecule has 2 aromatic heterocycles. The molecule has 0 unspecified atom stereocenters. The molecule has 0 saturated carbocycles. The maximum atomic E-state index is 10.5. The average Bonchev–Trinajstić information content (AvgIpc) is 3.17. The van der Waals surface area contributed by atoms with Crippen LogP contribution in [0.3, 0.4) is 0 Å². The second kappa shape index (κ2) is 7.05. The second-order valence-electron chi connectivity index (χ2n) is 6.23. The molecule has 1 aliphatic rings. The monoisotopic (exact) mass is 391 g/mol. The van der Waals surface area contributed by atoms with E-state index in [0.717, 1.165) is 10.5 Å². The zero-order valence-electron chi connectivity index (χ0n) is 13.6. The van der Waals surface area contributed by atoms with Gasteiger partial charge in [-0.1, -0.05) is 17.7 Å². The van der Waals surface area contributed by atoms with Crippen LogP contribution >= 0.6 is 23.4 Å². The molecule has 1 aliphatic heterocycles. The van der Waals surface area contributed by atoms with Crippen molar-refractivity contribution in [1.82, 2.24) is 20.3 Å². The second-order valence-corrected chi connectivity index (χ2v) is 7.76. The van der Waals surface area contributed by atoms with Crippen molar-refractivity contribution < 1.29 is 10.2 Å². The highest BCUT2D eigenvalue weighted by atomic mass is 35.5. The number of rotatable bonds is 4. The Kier molecular flexibility index (Phi) is 4.76. The van der Waals surface area contributed by atoms with Gasteiger partial charge in [0.15, 0.2) is 5.82 Å². The van der Waals surface area contributed by atoms with Gasteiger partial charge in [0.2, 0.25) is 0 Å². The number of thioether (sulfide) groups is 1. The Morgan fingerprint density at radius 2 is 2.08 bits per heavy atom. The highest BCUT2D eigenvalue weighted by molar-refractivity contribution is 7.99. The van der Waals surface area contributed by atoms with E-state index in [1.807, 2.05) is 24.3 Å². The van der Waals surface area contributed by atoms with Gasteiger partial charge < -0.3 is 26.2 Å². The summed E-state index contributed by atoms with van der Waals surface area (Å²) in [5.41, 5.74) is 7.88. The number of aliphatic hydroxyl groups excluding tert-OH is 2. The predicted octanol–water partition coefficient (Wildman–Crippen LogP) is 1.72. The molecule has 4 atom stereocenters. The van der Waals surface area contributed by atoms with Gasteiger partial charge in [0.25, 0.3) is 0 Å². The van der Waals surface area contributed by atoms with Crippen molar-refractivity contribution in [1.29, 1.82) is 0 Å². The third-order valence-electron chi connectivity index (χ3n) is 4.58. The van der Waals surface area contributed by atoms with E-state index in [4.69, 9.17) is 17.3 Å². The summed E-state index contributed by atoms with van der Waals surface area (Å²) < 4.78 is 0. The number of aromatic amines is 1. The number of H-pyrrole nitrogens is 1. The van der Waals surface area contributed by atoms with Crippen molar-refractivity contribution in [2.75, 3.05) is 11.5 Å². The van der Waals surface area contributed by atoms with Crippen molar-refractivity contribution in [3.63, 3.8) is 0 Å². The maximum absolute atomic E-state index is 10.5. The molecule has 0 amide bonds. The molecule has 136 valence electrons. The fraction of sp³-hybridized carbons (Fsp3) is 0.294. The largest absolute Gasteiger partial charge is 0.389 e. The fourth-order valence-electron chi connectivity index (χ4n) is 3.24. The number of hydrogen-bond acceptors (Lipinski definition) is 7. The molecule has 1 fully saturated rings. The molecule has 26 heavy (non-hydrogen) atoms. The van der Waals surface area contributed by atoms with Crippen LogP contribution in [0, 0.1) is 0 Å². The van der Waals surface area contributed by atoms with E-state index in [-0.39, 0.29) is 6.04 Å². The van der Waals surface area contributed by atoms with Crippen molar-refractivity contribution in [2.45, 2.75) is 29.2 Å². The maximum Gasteiger partial charge on any atom is 0.151 e. The SMILES string of the molecule is Nc1ncnc2c([C@@H]3N[C@H](CSc4cccc(Cl)c4)[C@@H](O)[C@H]3O)c[nH]c12. The Balaban J connectivity index is 1.53. The Bertz CT molecular complexity index is 936. The molecular weight excluding hydrogens is 374 g/mol. The Hall–Kier alpha value is -1.84. The number of aromatic nitrogens is 3. The predicted molar refractivity (Wildman–Crippen MR) is 102 cm³/mol. The number of fused-ring (bicyclic) bond motifs is 1. The van der Waals surface area contributed by atoms with Crippen molar-refractivity contribution in [2.24, 2.45) is 0 Å². The molecule has 0 aliphatic carbocycles. The zero-order chi connectivity index (χ0) is 18.3. The first-order valence-electron chi connectivity index (χ1n) is 8.12. The lowest BCUT2D eigenvalue weighted by atomic mass is 10.0. The molecule has 7 nitrogen and oxygen atoms in total. The summed E-state index contributed by atoms with van der Waals surface area (Å²) in [4.78, 5) is 12.3. The van der Waals surface area contributed by atoms with Crippen molar-refractivity contribution in [3.8, 4) is 0 Å². The Morgan fingerprint density at radius 3 is 2.88 bits per heavy atom. The molecule has 0 radical (unpaired) electrons. The fourth-order valence-corrected chi connectivity index (χ4v) is 4.55. The standard InChI is InChI=1S/C17H18ClN5O2S/c18-8-2-1-3-9(4-8)26-6-11-15(24)16(25)13(23-11)10-5-20-14-12(10)21-7-22-17(14)19/h1-5,7,11,13,15-16,20,23-25H,6H2,(H2,19,21,22)/t11-,13+,15-,16+/m1/s1. The van der Waals surface area contributed by atoms with Gasteiger partial charge in [0, 0.05) is 33.5 Å². The molecular formula is C17H18ClN5O2S. The third kappa shape index (κ3) is 3.15. The van der Waals surface area contributed by atoms with Gasteiger partial charge in [0.05, 0.1) is 17.7 Å². The van der Waals surface area contributed by atoms with E-state index in [1.165, 1.54) is 6.33 Å². The minimum absolute atomic E-state index is 0.275. The van der Waals surface area contributed by atoms with Crippen LogP contribution in [0.5, 0.6) is 0 Å². The quantitative estimate of drug-likeness (QED) is 0.429. The topological polar surface area (TPSA) is 120 Å². The molecule has 6 N–H and O–H groups in total. The Labute approximate surface area is 159 Å². The minimum atomic E-state index is -0.949. The van der Waals surface area contributed by atoms with E-state index >= 15 is 0 Å². The highest BCUT2D eigenvalue weighted by Gasteiger charge is 2.42. The number of nitrogens with zero attached hydrogens (tertiary/aromatic N) is 2. The number of benzene rings is 1.